The van der Waals surface area contributed by atoms with Gasteiger partial charge in [0.15, 0.2) is 0 Å². The molecule has 0 aromatic rings. The topological polar surface area (TPSA) is 66.4 Å². The molecule has 1 rings (SSSR count). The molecule has 19 heavy (non-hydrogen) atoms. The van der Waals surface area contributed by atoms with Crippen LogP contribution in [0.4, 0.5) is 0 Å². The minimum absolute atomic E-state index is 0.0621. The first-order valence-electron chi connectivity index (χ1n) is 7.59. The van der Waals surface area contributed by atoms with Gasteiger partial charge in [-0.05, 0) is 26.2 Å². The summed E-state index contributed by atoms with van der Waals surface area (Å²) in [5.74, 6) is -1.69. The van der Waals surface area contributed by atoms with Crippen LogP contribution in [0.2, 0.25) is 0 Å². The molecule has 1 saturated carbocycles. The Balaban J connectivity index is 2.31. The van der Waals surface area contributed by atoms with Gasteiger partial charge in [0.2, 0.25) is 5.91 Å². The van der Waals surface area contributed by atoms with Gasteiger partial charge in [0.05, 0.1) is 11.8 Å². The van der Waals surface area contributed by atoms with E-state index >= 15 is 0 Å². The van der Waals surface area contributed by atoms with Crippen LogP contribution < -0.4 is 5.32 Å². The first kappa shape index (κ1) is 16.0. The van der Waals surface area contributed by atoms with E-state index in [9.17, 15) is 9.59 Å². The van der Waals surface area contributed by atoms with Crippen LogP contribution in [0.5, 0.6) is 0 Å². The number of amides is 1. The van der Waals surface area contributed by atoms with Crippen molar-refractivity contribution in [3.63, 3.8) is 0 Å². The number of hydrogen-bond donors (Lipinski definition) is 2. The van der Waals surface area contributed by atoms with E-state index in [0.717, 1.165) is 19.3 Å². The number of hydrogen-bond acceptors (Lipinski definition) is 2. The smallest absolute Gasteiger partial charge is 0.307 e. The molecular formula is C15H27NO3. The monoisotopic (exact) mass is 269 g/mol. The maximum absolute atomic E-state index is 12.1. The molecule has 3 atom stereocenters. The molecule has 4 nitrogen and oxygen atoms in total. The number of carbonyl (C=O) groups is 2. The highest BCUT2D eigenvalue weighted by atomic mass is 16.4. The number of rotatable bonds is 8. The summed E-state index contributed by atoms with van der Waals surface area (Å²) in [7, 11) is 0. The molecule has 0 aromatic carbocycles. The molecule has 0 aromatic heterocycles. The zero-order valence-electron chi connectivity index (χ0n) is 12.2. The van der Waals surface area contributed by atoms with E-state index in [1.807, 2.05) is 6.92 Å². The third-order valence-corrected chi connectivity index (χ3v) is 4.05. The quantitative estimate of drug-likeness (QED) is 0.666. The molecule has 0 radical (unpaired) electrons. The molecule has 1 fully saturated rings. The van der Waals surface area contributed by atoms with Gasteiger partial charge in [0, 0.05) is 6.04 Å². The third kappa shape index (κ3) is 5.21. The van der Waals surface area contributed by atoms with E-state index in [2.05, 4.69) is 12.2 Å². The van der Waals surface area contributed by atoms with E-state index in [4.69, 9.17) is 5.11 Å². The fourth-order valence-corrected chi connectivity index (χ4v) is 2.87. The van der Waals surface area contributed by atoms with Crippen LogP contribution in [0.25, 0.3) is 0 Å². The molecule has 2 N–H and O–H groups in total. The SMILES string of the molecule is CCCCCCC(C)NC(=O)C1CCCC1C(=O)O. The lowest BCUT2D eigenvalue weighted by atomic mass is 9.95. The Kier molecular flexibility index (Phi) is 6.89. The second-order valence-electron chi connectivity index (χ2n) is 5.74. The van der Waals surface area contributed by atoms with E-state index in [0.29, 0.717) is 12.8 Å². The van der Waals surface area contributed by atoms with E-state index in [1.165, 1.54) is 19.3 Å². The largest absolute Gasteiger partial charge is 0.481 e. The maximum atomic E-state index is 12.1. The van der Waals surface area contributed by atoms with Gasteiger partial charge < -0.3 is 10.4 Å². The highest BCUT2D eigenvalue weighted by Gasteiger charge is 2.37. The highest BCUT2D eigenvalue weighted by Crippen LogP contribution is 2.32. The zero-order valence-corrected chi connectivity index (χ0v) is 12.2. The number of nitrogens with one attached hydrogen (secondary N) is 1. The summed E-state index contributed by atoms with van der Waals surface area (Å²) >= 11 is 0. The fraction of sp³-hybridized carbons (Fsp3) is 0.867. The lowest BCUT2D eigenvalue weighted by molar-refractivity contribution is -0.146. The van der Waals surface area contributed by atoms with Crippen LogP contribution in [-0.4, -0.2) is 23.0 Å². The van der Waals surface area contributed by atoms with Crippen LogP contribution in [-0.2, 0) is 9.59 Å². The van der Waals surface area contributed by atoms with Crippen molar-refractivity contribution >= 4 is 11.9 Å². The molecule has 1 amide bonds. The van der Waals surface area contributed by atoms with Crippen molar-refractivity contribution in [1.82, 2.24) is 5.32 Å². The fourth-order valence-electron chi connectivity index (χ4n) is 2.87. The summed E-state index contributed by atoms with van der Waals surface area (Å²) in [4.78, 5) is 23.2. The first-order chi connectivity index (χ1) is 9.06. The van der Waals surface area contributed by atoms with E-state index in [-0.39, 0.29) is 17.9 Å². The lowest BCUT2D eigenvalue weighted by Crippen LogP contribution is -2.40. The van der Waals surface area contributed by atoms with Crippen molar-refractivity contribution in [3.05, 3.63) is 0 Å². The van der Waals surface area contributed by atoms with Gasteiger partial charge in [-0.1, -0.05) is 39.0 Å². The van der Waals surface area contributed by atoms with Crippen molar-refractivity contribution in [2.75, 3.05) is 0 Å². The first-order valence-corrected chi connectivity index (χ1v) is 7.59. The second kappa shape index (κ2) is 8.18. The van der Waals surface area contributed by atoms with Crippen molar-refractivity contribution in [1.29, 1.82) is 0 Å². The maximum Gasteiger partial charge on any atom is 0.307 e. The van der Waals surface area contributed by atoms with Crippen molar-refractivity contribution < 1.29 is 14.7 Å². The Hall–Kier alpha value is -1.06. The summed E-state index contributed by atoms with van der Waals surface area (Å²) in [6.45, 7) is 4.19. The summed E-state index contributed by atoms with van der Waals surface area (Å²) in [6.07, 6.45) is 7.97. The molecule has 0 heterocycles. The number of aliphatic carboxylic acids is 1. The van der Waals surface area contributed by atoms with Gasteiger partial charge in [0.25, 0.3) is 0 Å². The highest BCUT2D eigenvalue weighted by molar-refractivity contribution is 5.85. The molecule has 0 spiro atoms. The Morgan fingerprint density at radius 2 is 1.89 bits per heavy atom. The van der Waals surface area contributed by atoms with Gasteiger partial charge in [0.1, 0.15) is 0 Å². The van der Waals surface area contributed by atoms with Crippen LogP contribution >= 0.6 is 0 Å². The average molecular weight is 269 g/mol. The molecule has 1 aliphatic carbocycles. The van der Waals surface area contributed by atoms with Crippen LogP contribution in [0.1, 0.15) is 65.2 Å². The molecule has 0 bridgehead atoms. The van der Waals surface area contributed by atoms with Crippen molar-refractivity contribution in [3.8, 4) is 0 Å². The molecule has 4 heteroatoms. The second-order valence-corrected chi connectivity index (χ2v) is 5.74. The third-order valence-electron chi connectivity index (χ3n) is 4.05. The van der Waals surface area contributed by atoms with Crippen LogP contribution in [0.15, 0.2) is 0 Å². The predicted molar refractivity (Wildman–Crippen MR) is 74.8 cm³/mol. The Morgan fingerprint density at radius 3 is 2.53 bits per heavy atom. The standard InChI is InChI=1S/C15H27NO3/c1-3-4-5-6-8-11(2)16-14(17)12-9-7-10-13(12)15(18)19/h11-13H,3-10H2,1-2H3,(H,16,17)(H,18,19). The minimum atomic E-state index is -0.826. The number of carboxylic acids is 1. The van der Waals surface area contributed by atoms with Crippen LogP contribution in [0.3, 0.4) is 0 Å². The summed E-state index contributed by atoms with van der Waals surface area (Å²) in [5, 5.41) is 12.1. The van der Waals surface area contributed by atoms with Crippen LogP contribution in [0, 0.1) is 11.8 Å². The molecule has 0 saturated heterocycles. The van der Waals surface area contributed by atoms with Gasteiger partial charge >= 0.3 is 5.97 Å². The average Bonchev–Trinajstić information content (AvgIpc) is 2.84. The van der Waals surface area contributed by atoms with Crippen molar-refractivity contribution in [2.45, 2.75) is 71.3 Å². The molecule has 1 aliphatic rings. The lowest BCUT2D eigenvalue weighted by Gasteiger charge is -2.19. The summed E-state index contributed by atoms with van der Waals surface area (Å²) < 4.78 is 0. The molecule has 110 valence electrons. The minimum Gasteiger partial charge on any atom is -0.481 e. The predicted octanol–water partition coefficient (Wildman–Crippen LogP) is 2.96. The summed E-state index contributed by atoms with van der Waals surface area (Å²) in [6, 6.07) is 0.152. The normalized spacial score (nSPS) is 24.1. The number of unbranched alkanes of at least 4 members (excludes halogenated alkanes) is 3. The van der Waals surface area contributed by atoms with E-state index < -0.39 is 11.9 Å². The molecule has 3 unspecified atom stereocenters. The van der Waals surface area contributed by atoms with Gasteiger partial charge in [-0.15, -0.1) is 0 Å². The van der Waals surface area contributed by atoms with Gasteiger partial charge in [-0.25, -0.2) is 0 Å². The Bertz CT molecular complexity index is 304. The van der Waals surface area contributed by atoms with Gasteiger partial charge in [-0.3, -0.25) is 9.59 Å². The van der Waals surface area contributed by atoms with E-state index in [1.54, 1.807) is 0 Å². The summed E-state index contributed by atoms with van der Waals surface area (Å²) in [5.41, 5.74) is 0. The van der Waals surface area contributed by atoms with Gasteiger partial charge in [-0.2, -0.15) is 0 Å². The van der Waals surface area contributed by atoms with Crippen molar-refractivity contribution in [2.24, 2.45) is 11.8 Å². The molecule has 0 aliphatic heterocycles. The Morgan fingerprint density at radius 1 is 1.21 bits per heavy atom. The Labute approximate surface area is 116 Å². The zero-order chi connectivity index (χ0) is 14.3. The number of carbonyl (C=O) groups excluding carboxylic acids is 1. The number of carboxylic acid groups (broad SMARTS) is 1. The molecular weight excluding hydrogens is 242 g/mol.